The molecule has 0 saturated carbocycles. The molecular weight excluding hydrogens is 207 g/mol. The normalized spacial score (nSPS) is 19.3. The third-order valence-corrected chi connectivity index (χ3v) is 5.38. The number of fused-ring (bicyclic) bond motifs is 1. The van der Waals surface area contributed by atoms with Crippen LogP contribution in [0, 0.1) is 0 Å². The lowest BCUT2D eigenvalue weighted by Crippen LogP contribution is -2.01. The standard InChI is InChI=1S/C11H9BS2/c1-2-6-10-9(5-1)13-11(14-10)8-4-3-7-12-8/h1-7,11-12H. The summed E-state index contributed by atoms with van der Waals surface area (Å²) in [4.78, 5) is 2.88. The van der Waals surface area contributed by atoms with Gasteiger partial charge in [-0.25, -0.2) is 0 Å². The lowest BCUT2D eigenvalue weighted by molar-refractivity contribution is 1.27. The van der Waals surface area contributed by atoms with E-state index in [1.165, 1.54) is 9.79 Å². The molecule has 0 saturated heterocycles. The smallest absolute Gasteiger partial charge is 0.114 e. The Morgan fingerprint density at radius 3 is 2.36 bits per heavy atom. The maximum absolute atomic E-state index is 2.26. The minimum Gasteiger partial charge on any atom is -0.114 e. The molecule has 0 aromatic heterocycles. The topological polar surface area (TPSA) is 0 Å². The molecule has 0 aliphatic carbocycles. The van der Waals surface area contributed by atoms with Gasteiger partial charge in [-0.2, -0.15) is 0 Å². The second kappa shape index (κ2) is 3.56. The van der Waals surface area contributed by atoms with Gasteiger partial charge in [0.15, 0.2) is 7.28 Å². The van der Waals surface area contributed by atoms with Crippen LogP contribution in [0.25, 0.3) is 0 Å². The van der Waals surface area contributed by atoms with E-state index in [4.69, 9.17) is 0 Å². The number of hydrogen-bond donors (Lipinski definition) is 0. The molecule has 0 nitrogen and oxygen atoms in total. The highest BCUT2D eigenvalue weighted by molar-refractivity contribution is 8.20. The molecule has 2 aliphatic heterocycles. The monoisotopic (exact) mass is 216 g/mol. The second-order valence-electron chi connectivity index (χ2n) is 3.39. The Bertz CT molecular complexity index is 398. The Kier molecular flexibility index (Phi) is 2.22. The van der Waals surface area contributed by atoms with Gasteiger partial charge in [-0.3, -0.25) is 0 Å². The van der Waals surface area contributed by atoms with E-state index in [1.54, 1.807) is 5.47 Å². The van der Waals surface area contributed by atoms with Gasteiger partial charge in [-0.1, -0.05) is 29.8 Å². The fourth-order valence-electron chi connectivity index (χ4n) is 1.69. The summed E-state index contributed by atoms with van der Waals surface area (Å²) in [6.07, 6.45) is 4.43. The van der Waals surface area contributed by atoms with E-state index >= 15 is 0 Å². The Labute approximate surface area is 93.1 Å². The molecule has 0 radical (unpaired) electrons. The molecule has 2 heterocycles. The van der Waals surface area contributed by atoms with Crippen LogP contribution in [0.4, 0.5) is 0 Å². The van der Waals surface area contributed by atoms with Crippen LogP contribution in [0.5, 0.6) is 0 Å². The number of thioether (sulfide) groups is 2. The molecule has 0 unspecified atom stereocenters. The van der Waals surface area contributed by atoms with Crippen molar-refractivity contribution in [3.8, 4) is 0 Å². The summed E-state index contributed by atoms with van der Waals surface area (Å²) >= 11 is 3.98. The number of allylic oxidation sites excluding steroid dienone is 2. The minimum absolute atomic E-state index is 0.613. The first-order chi connectivity index (χ1) is 6.93. The van der Waals surface area contributed by atoms with Crippen molar-refractivity contribution in [2.24, 2.45) is 0 Å². The summed E-state index contributed by atoms with van der Waals surface area (Å²) in [6, 6.07) is 8.68. The van der Waals surface area contributed by atoms with Crippen molar-refractivity contribution in [2.45, 2.75) is 14.4 Å². The van der Waals surface area contributed by atoms with E-state index in [0.29, 0.717) is 4.58 Å². The van der Waals surface area contributed by atoms with Gasteiger partial charge in [0, 0.05) is 9.79 Å². The van der Waals surface area contributed by atoms with Gasteiger partial charge in [0.25, 0.3) is 0 Å². The fraction of sp³-hybridized carbons (Fsp3) is 0.0909. The summed E-state index contributed by atoms with van der Waals surface area (Å²) in [5.74, 6) is 2.24. The van der Waals surface area contributed by atoms with Crippen molar-refractivity contribution in [3.63, 3.8) is 0 Å². The Hall–Kier alpha value is -0.535. The molecule has 0 fully saturated rings. The van der Waals surface area contributed by atoms with Crippen molar-refractivity contribution >= 4 is 30.8 Å². The van der Waals surface area contributed by atoms with Gasteiger partial charge < -0.3 is 0 Å². The van der Waals surface area contributed by atoms with Crippen LogP contribution in [0.15, 0.2) is 57.7 Å². The lowest BCUT2D eigenvalue weighted by atomic mass is 9.74. The molecule has 3 rings (SSSR count). The van der Waals surface area contributed by atoms with Crippen LogP contribution >= 0.6 is 23.5 Å². The Morgan fingerprint density at radius 1 is 1.07 bits per heavy atom. The maximum atomic E-state index is 2.26. The summed E-state index contributed by atoms with van der Waals surface area (Å²) in [7, 11) is 1.14. The first kappa shape index (κ1) is 8.75. The van der Waals surface area contributed by atoms with Gasteiger partial charge >= 0.3 is 0 Å². The number of hydrogen-bond acceptors (Lipinski definition) is 2. The highest BCUT2D eigenvalue weighted by Gasteiger charge is 2.25. The number of benzene rings is 1. The summed E-state index contributed by atoms with van der Waals surface area (Å²) in [6.45, 7) is 0. The SMILES string of the molecule is B1C=CC=C1C1Sc2ccccc2S1. The van der Waals surface area contributed by atoms with Crippen molar-refractivity contribution in [1.82, 2.24) is 0 Å². The average molecular weight is 216 g/mol. The molecule has 3 heteroatoms. The van der Waals surface area contributed by atoms with Crippen LogP contribution in [0.2, 0.25) is 0 Å². The number of rotatable bonds is 1. The Morgan fingerprint density at radius 2 is 1.79 bits per heavy atom. The molecule has 0 amide bonds. The van der Waals surface area contributed by atoms with E-state index < -0.39 is 0 Å². The van der Waals surface area contributed by atoms with E-state index in [0.717, 1.165) is 7.28 Å². The molecule has 1 aromatic carbocycles. The van der Waals surface area contributed by atoms with Gasteiger partial charge in [0.2, 0.25) is 0 Å². The van der Waals surface area contributed by atoms with Crippen LogP contribution in [-0.2, 0) is 0 Å². The zero-order chi connectivity index (χ0) is 9.38. The summed E-state index contributed by atoms with van der Waals surface area (Å²) in [5.41, 5.74) is 1.55. The van der Waals surface area contributed by atoms with E-state index in [9.17, 15) is 0 Å². The zero-order valence-corrected chi connectivity index (χ0v) is 9.28. The van der Waals surface area contributed by atoms with Gasteiger partial charge in [-0.05, 0) is 12.1 Å². The quantitative estimate of drug-likeness (QED) is 0.661. The highest BCUT2D eigenvalue weighted by Crippen LogP contribution is 2.50. The van der Waals surface area contributed by atoms with E-state index in [2.05, 4.69) is 42.4 Å². The van der Waals surface area contributed by atoms with E-state index in [1.807, 2.05) is 23.5 Å². The molecule has 0 N–H and O–H groups in total. The van der Waals surface area contributed by atoms with Crippen molar-refractivity contribution in [1.29, 1.82) is 0 Å². The third-order valence-electron chi connectivity index (χ3n) is 2.42. The van der Waals surface area contributed by atoms with Crippen LogP contribution in [0.1, 0.15) is 0 Å². The minimum atomic E-state index is 0.613. The molecule has 0 atom stereocenters. The average Bonchev–Trinajstić information content (AvgIpc) is 2.86. The van der Waals surface area contributed by atoms with Crippen LogP contribution in [0.3, 0.4) is 0 Å². The highest BCUT2D eigenvalue weighted by atomic mass is 32.2. The van der Waals surface area contributed by atoms with Crippen molar-refractivity contribution in [2.75, 3.05) is 0 Å². The maximum Gasteiger partial charge on any atom is 0.180 e. The van der Waals surface area contributed by atoms with Crippen LogP contribution < -0.4 is 0 Å². The fourth-order valence-corrected chi connectivity index (χ4v) is 4.59. The van der Waals surface area contributed by atoms with Gasteiger partial charge in [-0.15, -0.1) is 29.5 Å². The predicted octanol–water partition coefficient (Wildman–Crippen LogP) is 3.06. The molecular formula is C11H9BS2. The lowest BCUT2D eigenvalue weighted by Gasteiger charge is -2.07. The molecule has 1 aromatic rings. The molecule has 0 spiro atoms. The first-order valence-electron chi connectivity index (χ1n) is 4.71. The van der Waals surface area contributed by atoms with Crippen molar-refractivity contribution in [3.05, 3.63) is 47.9 Å². The first-order valence-corrected chi connectivity index (χ1v) is 6.47. The zero-order valence-electron chi connectivity index (χ0n) is 7.64. The van der Waals surface area contributed by atoms with Crippen molar-refractivity contribution < 1.29 is 0 Å². The molecule has 0 bridgehead atoms. The summed E-state index contributed by atoms with van der Waals surface area (Å²) < 4.78 is 0.613. The van der Waals surface area contributed by atoms with Crippen LogP contribution in [-0.4, -0.2) is 11.9 Å². The largest absolute Gasteiger partial charge is 0.180 e. The van der Waals surface area contributed by atoms with Gasteiger partial charge in [0.05, 0.1) is 4.58 Å². The second-order valence-corrected chi connectivity index (χ2v) is 5.98. The van der Waals surface area contributed by atoms with E-state index in [-0.39, 0.29) is 0 Å². The molecule has 68 valence electrons. The predicted molar refractivity (Wildman–Crippen MR) is 66.3 cm³/mol. The third kappa shape index (κ3) is 1.45. The summed E-state index contributed by atoms with van der Waals surface area (Å²) in [5, 5.41) is 0. The van der Waals surface area contributed by atoms with Gasteiger partial charge in [0.1, 0.15) is 0 Å². The Balaban J connectivity index is 1.85. The molecule has 14 heavy (non-hydrogen) atoms. The molecule has 2 aliphatic rings.